The number of methoxy groups -OCH3 is 1. The molecule has 0 aliphatic heterocycles. The Labute approximate surface area is 98.6 Å². The molecule has 0 aliphatic carbocycles. The van der Waals surface area contributed by atoms with Crippen LogP contribution in [-0.4, -0.2) is 13.7 Å². The zero-order chi connectivity index (χ0) is 12.0. The molecule has 0 aromatic heterocycles. The minimum atomic E-state index is 0.138. The van der Waals surface area contributed by atoms with E-state index in [9.17, 15) is 0 Å². The summed E-state index contributed by atoms with van der Waals surface area (Å²) >= 11 is 0. The third kappa shape index (κ3) is 3.53. The molecule has 0 bridgehead atoms. The van der Waals surface area contributed by atoms with Crippen molar-refractivity contribution in [2.75, 3.05) is 13.7 Å². The molecule has 1 aromatic carbocycles. The van der Waals surface area contributed by atoms with Crippen molar-refractivity contribution in [1.82, 2.24) is 0 Å². The summed E-state index contributed by atoms with van der Waals surface area (Å²) in [5.74, 6) is 1.47. The van der Waals surface area contributed by atoms with Crippen LogP contribution >= 0.6 is 0 Å². The third-order valence-corrected chi connectivity index (χ3v) is 2.49. The number of rotatable bonds is 6. The smallest absolute Gasteiger partial charge is 0.124 e. The van der Waals surface area contributed by atoms with Crippen LogP contribution in [0.1, 0.15) is 38.9 Å². The van der Waals surface area contributed by atoms with Crippen LogP contribution in [0.3, 0.4) is 0 Å². The van der Waals surface area contributed by atoms with E-state index in [1.54, 1.807) is 7.11 Å². The van der Waals surface area contributed by atoms with Gasteiger partial charge in [0, 0.05) is 12.2 Å². The van der Waals surface area contributed by atoms with Crippen molar-refractivity contribution in [2.24, 2.45) is 5.92 Å². The Morgan fingerprint density at radius 2 is 1.88 bits per heavy atom. The zero-order valence-corrected chi connectivity index (χ0v) is 10.7. The van der Waals surface area contributed by atoms with Crippen LogP contribution in [0.5, 0.6) is 5.75 Å². The van der Waals surface area contributed by atoms with Crippen LogP contribution in [-0.2, 0) is 4.74 Å². The number of hydrogen-bond donors (Lipinski definition) is 0. The normalized spacial score (nSPS) is 12.8. The van der Waals surface area contributed by atoms with Gasteiger partial charge >= 0.3 is 0 Å². The van der Waals surface area contributed by atoms with E-state index in [0.29, 0.717) is 5.92 Å². The lowest BCUT2D eigenvalue weighted by Gasteiger charge is -2.20. The van der Waals surface area contributed by atoms with Gasteiger partial charge in [-0.3, -0.25) is 0 Å². The van der Waals surface area contributed by atoms with Crippen LogP contribution in [0.2, 0.25) is 0 Å². The molecule has 0 aliphatic rings. The largest absolute Gasteiger partial charge is 0.496 e. The van der Waals surface area contributed by atoms with E-state index in [1.165, 1.54) is 0 Å². The monoisotopic (exact) mass is 222 g/mol. The fraction of sp³-hybridized carbons (Fsp3) is 0.571. The van der Waals surface area contributed by atoms with Crippen molar-refractivity contribution in [3.63, 3.8) is 0 Å². The van der Waals surface area contributed by atoms with Crippen molar-refractivity contribution >= 4 is 0 Å². The highest BCUT2D eigenvalue weighted by Gasteiger charge is 2.14. The van der Waals surface area contributed by atoms with E-state index in [-0.39, 0.29) is 6.10 Å². The molecule has 0 heterocycles. The van der Waals surface area contributed by atoms with E-state index >= 15 is 0 Å². The predicted molar refractivity (Wildman–Crippen MR) is 66.8 cm³/mol. The van der Waals surface area contributed by atoms with Crippen LogP contribution in [0.4, 0.5) is 0 Å². The van der Waals surface area contributed by atoms with Crippen LogP contribution in [0.25, 0.3) is 0 Å². The standard InChI is InChI=1S/C14H22O2/c1-5-13(16-10-11(2)3)12-8-6-7-9-14(12)15-4/h6-9,11,13H,5,10H2,1-4H3/t13-/m0/s1. The van der Waals surface area contributed by atoms with Gasteiger partial charge in [0.25, 0.3) is 0 Å². The highest BCUT2D eigenvalue weighted by atomic mass is 16.5. The van der Waals surface area contributed by atoms with Crippen molar-refractivity contribution in [1.29, 1.82) is 0 Å². The van der Waals surface area contributed by atoms with Crippen molar-refractivity contribution in [2.45, 2.75) is 33.3 Å². The molecule has 0 amide bonds. The van der Waals surface area contributed by atoms with Crippen molar-refractivity contribution in [3.8, 4) is 5.75 Å². The molecular formula is C14H22O2. The fourth-order valence-corrected chi connectivity index (χ4v) is 1.67. The first-order chi connectivity index (χ1) is 7.69. The molecule has 1 aromatic rings. The lowest BCUT2D eigenvalue weighted by molar-refractivity contribution is 0.0312. The second-order valence-electron chi connectivity index (χ2n) is 4.37. The predicted octanol–water partition coefficient (Wildman–Crippen LogP) is 3.82. The highest BCUT2D eigenvalue weighted by molar-refractivity contribution is 5.35. The van der Waals surface area contributed by atoms with Gasteiger partial charge in [0.15, 0.2) is 0 Å². The van der Waals surface area contributed by atoms with E-state index in [1.807, 2.05) is 18.2 Å². The number of ether oxygens (including phenoxy) is 2. The van der Waals surface area contributed by atoms with Gasteiger partial charge < -0.3 is 9.47 Å². The maximum Gasteiger partial charge on any atom is 0.124 e. The summed E-state index contributed by atoms with van der Waals surface area (Å²) in [5.41, 5.74) is 1.15. The second kappa shape index (κ2) is 6.54. The van der Waals surface area contributed by atoms with Gasteiger partial charge in [0.1, 0.15) is 5.75 Å². The van der Waals surface area contributed by atoms with E-state index in [2.05, 4.69) is 26.8 Å². The van der Waals surface area contributed by atoms with Crippen molar-refractivity contribution in [3.05, 3.63) is 29.8 Å². The molecule has 90 valence electrons. The Balaban J connectivity index is 2.77. The number of hydrogen-bond acceptors (Lipinski definition) is 2. The molecule has 1 atom stereocenters. The SMILES string of the molecule is CC[C@H](OCC(C)C)c1ccccc1OC. The quantitative estimate of drug-likeness (QED) is 0.728. The molecule has 0 saturated carbocycles. The summed E-state index contributed by atoms with van der Waals surface area (Å²) in [7, 11) is 1.70. The van der Waals surface area contributed by atoms with E-state index in [4.69, 9.17) is 9.47 Å². The molecule has 2 nitrogen and oxygen atoms in total. The van der Waals surface area contributed by atoms with E-state index < -0.39 is 0 Å². The molecule has 1 rings (SSSR count). The third-order valence-electron chi connectivity index (χ3n) is 2.49. The van der Waals surface area contributed by atoms with Gasteiger partial charge in [-0.1, -0.05) is 39.0 Å². The molecule has 0 radical (unpaired) electrons. The lowest BCUT2D eigenvalue weighted by atomic mass is 10.1. The summed E-state index contributed by atoms with van der Waals surface area (Å²) in [6, 6.07) is 8.07. The Hall–Kier alpha value is -1.02. The minimum absolute atomic E-state index is 0.138. The summed E-state index contributed by atoms with van der Waals surface area (Å²) < 4.78 is 11.3. The van der Waals surface area contributed by atoms with Gasteiger partial charge in [-0.2, -0.15) is 0 Å². The summed E-state index contributed by atoms with van der Waals surface area (Å²) in [5, 5.41) is 0. The average Bonchev–Trinajstić information content (AvgIpc) is 2.30. The Morgan fingerprint density at radius 3 is 2.44 bits per heavy atom. The fourth-order valence-electron chi connectivity index (χ4n) is 1.67. The minimum Gasteiger partial charge on any atom is -0.496 e. The zero-order valence-electron chi connectivity index (χ0n) is 10.7. The second-order valence-corrected chi connectivity index (χ2v) is 4.37. The molecule has 0 fully saturated rings. The molecule has 0 saturated heterocycles. The lowest BCUT2D eigenvalue weighted by Crippen LogP contribution is -2.09. The summed E-state index contributed by atoms with van der Waals surface area (Å²) in [4.78, 5) is 0. The van der Waals surface area contributed by atoms with Crippen LogP contribution in [0.15, 0.2) is 24.3 Å². The number of para-hydroxylation sites is 1. The highest BCUT2D eigenvalue weighted by Crippen LogP contribution is 2.29. The van der Waals surface area contributed by atoms with Gasteiger partial charge in [-0.25, -0.2) is 0 Å². The molecule has 2 heteroatoms. The van der Waals surface area contributed by atoms with Crippen LogP contribution < -0.4 is 4.74 Å². The maximum absolute atomic E-state index is 5.90. The maximum atomic E-state index is 5.90. The molecular weight excluding hydrogens is 200 g/mol. The molecule has 16 heavy (non-hydrogen) atoms. The van der Waals surface area contributed by atoms with Gasteiger partial charge in [0.2, 0.25) is 0 Å². The van der Waals surface area contributed by atoms with Gasteiger partial charge in [0.05, 0.1) is 13.2 Å². The summed E-state index contributed by atoms with van der Waals surface area (Å²) in [6.45, 7) is 7.25. The molecule has 0 unspecified atom stereocenters. The Kier molecular flexibility index (Phi) is 5.33. The Morgan fingerprint density at radius 1 is 1.19 bits per heavy atom. The van der Waals surface area contributed by atoms with Crippen LogP contribution in [0, 0.1) is 5.92 Å². The Bertz CT molecular complexity index is 307. The van der Waals surface area contributed by atoms with E-state index in [0.717, 1.165) is 24.3 Å². The molecule has 0 spiro atoms. The van der Waals surface area contributed by atoms with Crippen molar-refractivity contribution < 1.29 is 9.47 Å². The average molecular weight is 222 g/mol. The molecule has 0 N–H and O–H groups in total. The van der Waals surface area contributed by atoms with Gasteiger partial charge in [-0.05, 0) is 18.4 Å². The summed E-state index contributed by atoms with van der Waals surface area (Å²) in [6.07, 6.45) is 1.10. The number of benzene rings is 1. The van der Waals surface area contributed by atoms with Gasteiger partial charge in [-0.15, -0.1) is 0 Å². The first-order valence-electron chi connectivity index (χ1n) is 5.93. The topological polar surface area (TPSA) is 18.5 Å². The first kappa shape index (κ1) is 13.0. The first-order valence-corrected chi connectivity index (χ1v) is 5.93.